The average molecular weight is 498 g/mol. The number of pyridine rings is 1. The van der Waals surface area contributed by atoms with Crippen LogP contribution in [0.1, 0.15) is 11.7 Å². The molecule has 9 heteroatoms. The van der Waals surface area contributed by atoms with Crippen molar-refractivity contribution in [2.75, 3.05) is 51.4 Å². The van der Waals surface area contributed by atoms with Gasteiger partial charge >= 0.3 is 0 Å². The summed E-state index contributed by atoms with van der Waals surface area (Å²) in [5.41, 5.74) is 8.82. The normalized spacial score (nSPS) is 21.1. The molecule has 2 aromatic rings. The number of ether oxygens (including phenoxy) is 1. The smallest absolute Gasteiger partial charge is 0.147 e. The third-order valence-electron chi connectivity index (χ3n) is 5.04. The van der Waals surface area contributed by atoms with E-state index in [0.29, 0.717) is 5.69 Å². The first-order valence-electron chi connectivity index (χ1n) is 9.39. The largest absolute Gasteiger partial charge is 0.379 e. The van der Waals surface area contributed by atoms with Crippen LogP contribution in [0, 0.1) is 9.39 Å². The summed E-state index contributed by atoms with van der Waals surface area (Å²) in [5, 5.41) is 3.21. The zero-order valence-electron chi connectivity index (χ0n) is 15.5. The predicted octanol–water partition coefficient (Wildman–Crippen LogP) is 2.27. The van der Waals surface area contributed by atoms with Gasteiger partial charge in [0.25, 0.3) is 0 Å². The average Bonchev–Trinajstić information content (AvgIpc) is 3.18. The number of benzene rings is 1. The van der Waals surface area contributed by atoms with Crippen molar-refractivity contribution in [1.82, 2.24) is 25.6 Å². The van der Waals surface area contributed by atoms with Crippen molar-refractivity contribution in [3.05, 3.63) is 51.6 Å². The summed E-state index contributed by atoms with van der Waals surface area (Å²) in [6.07, 6.45) is 3.50. The lowest BCUT2D eigenvalue weighted by Crippen LogP contribution is -2.42. The Hall–Kier alpha value is -1.37. The number of nitrogens with zero attached hydrogens (tertiary/aromatic N) is 3. The second-order valence-electron chi connectivity index (χ2n) is 6.86. The fourth-order valence-corrected chi connectivity index (χ4v) is 3.94. The maximum Gasteiger partial charge on any atom is 0.147 e. The second kappa shape index (κ2) is 9.42. The summed E-state index contributed by atoms with van der Waals surface area (Å²) in [4.78, 5) is 8.99. The summed E-state index contributed by atoms with van der Waals surface area (Å²) in [6.45, 7) is 6.22. The van der Waals surface area contributed by atoms with E-state index in [1.165, 1.54) is 6.07 Å². The number of hydrazine groups is 1. The Morgan fingerprint density at radius 3 is 2.89 bits per heavy atom. The van der Waals surface area contributed by atoms with Crippen molar-refractivity contribution < 1.29 is 9.13 Å². The van der Waals surface area contributed by atoms with E-state index in [-0.39, 0.29) is 12.0 Å². The Bertz CT molecular complexity index is 804. The molecule has 2 saturated heterocycles. The van der Waals surface area contributed by atoms with Gasteiger partial charge in [-0.05, 0) is 46.9 Å². The molecule has 150 valence electrons. The number of hydrogen-bond donors (Lipinski definition) is 3. The van der Waals surface area contributed by atoms with Gasteiger partial charge < -0.3 is 10.1 Å². The molecule has 1 aromatic carbocycles. The zero-order chi connectivity index (χ0) is 19.3. The minimum absolute atomic E-state index is 0.0153. The van der Waals surface area contributed by atoms with E-state index in [9.17, 15) is 4.39 Å². The Kier molecular flexibility index (Phi) is 6.70. The van der Waals surface area contributed by atoms with Gasteiger partial charge in [-0.1, -0.05) is 0 Å². The fraction of sp³-hybridized carbons (Fsp3) is 0.421. The van der Waals surface area contributed by atoms with Crippen LogP contribution in [-0.2, 0) is 4.74 Å². The quantitative estimate of drug-likeness (QED) is 0.529. The molecule has 0 spiro atoms. The highest BCUT2D eigenvalue weighted by Gasteiger charge is 2.28. The third-order valence-corrected chi connectivity index (χ3v) is 5.71. The number of hydrogen-bond acceptors (Lipinski definition) is 7. The molecule has 4 rings (SSSR count). The van der Waals surface area contributed by atoms with Crippen molar-refractivity contribution in [3.63, 3.8) is 0 Å². The van der Waals surface area contributed by atoms with Crippen molar-refractivity contribution >= 4 is 34.0 Å². The molecule has 2 aliphatic rings. The standard InChI is InChI=1S/C19H24FIN6O/c20-16-11-14(21)1-2-17(16)24-18-12-22-4-3-15(18)19-25-23-13-27(19)6-5-26-7-9-28-10-8-26/h1-4,11-12,19,23-25H,5-10,13H2. The predicted molar refractivity (Wildman–Crippen MR) is 114 cm³/mol. The molecular formula is C19H24FIN6O. The molecule has 3 N–H and O–H groups in total. The molecule has 1 atom stereocenters. The third kappa shape index (κ3) is 4.78. The van der Waals surface area contributed by atoms with Crippen molar-refractivity contribution in [3.8, 4) is 0 Å². The Balaban J connectivity index is 1.48. The number of rotatable bonds is 6. The summed E-state index contributed by atoms with van der Waals surface area (Å²) in [6, 6.07) is 7.12. The molecule has 0 radical (unpaired) electrons. The highest BCUT2D eigenvalue weighted by atomic mass is 127. The van der Waals surface area contributed by atoms with E-state index in [2.05, 4.69) is 53.5 Å². The highest BCUT2D eigenvalue weighted by molar-refractivity contribution is 14.1. The molecule has 0 aliphatic carbocycles. The van der Waals surface area contributed by atoms with Crippen LogP contribution in [0.3, 0.4) is 0 Å². The molecule has 0 amide bonds. The molecule has 1 aromatic heterocycles. The molecular weight excluding hydrogens is 474 g/mol. The topological polar surface area (TPSA) is 64.7 Å². The van der Waals surface area contributed by atoms with Crippen LogP contribution in [0.5, 0.6) is 0 Å². The Labute approximate surface area is 177 Å². The lowest BCUT2D eigenvalue weighted by molar-refractivity contribution is 0.0324. The minimum Gasteiger partial charge on any atom is -0.379 e. The van der Waals surface area contributed by atoms with Gasteiger partial charge in [0.15, 0.2) is 0 Å². The van der Waals surface area contributed by atoms with Crippen molar-refractivity contribution in [1.29, 1.82) is 0 Å². The van der Waals surface area contributed by atoms with Crippen molar-refractivity contribution in [2.24, 2.45) is 0 Å². The highest BCUT2D eigenvalue weighted by Crippen LogP contribution is 2.30. The molecule has 2 fully saturated rings. The first-order chi connectivity index (χ1) is 13.7. The van der Waals surface area contributed by atoms with Crippen LogP contribution in [0.25, 0.3) is 0 Å². The van der Waals surface area contributed by atoms with E-state index < -0.39 is 0 Å². The number of morpholine rings is 1. The molecule has 0 saturated carbocycles. The fourth-order valence-electron chi connectivity index (χ4n) is 3.49. The lowest BCUT2D eigenvalue weighted by Gasteiger charge is -2.30. The summed E-state index contributed by atoms with van der Waals surface area (Å²) >= 11 is 2.10. The van der Waals surface area contributed by atoms with Crippen LogP contribution in [0.4, 0.5) is 15.8 Å². The second-order valence-corrected chi connectivity index (χ2v) is 8.11. The van der Waals surface area contributed by atoms with E-state index in [4.69, 9.17) is 4.74 Å². The van der Waals surface area contributed by atoms with Crippen molar-refractivity contribution in [2.45, 2.75) is 6.17 Å². The van der Waals surface area contributed by atoms with Gasteiger partial charge in [-0.25, -0.2) is 15.2 Å². The van der Waals surface area contributed by atoms with Gasteiger partial charge in [-0.15, -0.1) is 0 Å². The van der Waals surface area contributed by atoms with E-state index >= 15 is 0 Å². The first kappa shape index (κ1) is 19.9. The SMILES string of the molecule is Fc1cc(I)ccc1Nc1cnccc1C1NNCN1CCN1CCOCC1. The van der Waals surface area contributed by atoms with Gasteiger partial charge in [0.1, 0.15) is 12.0 Å². The van der Waals surface area contributed by atoms with Crippen LogP contribution < -0.4 is 16.2 Å². The number of anilines is 2. The van der Waals surface area contributed by atoms with Crippen LogP contribution in [0.15, 0.2) is 36.7 Å². The van der Waals surface area contributed by atoms with Crippen LogP contribution >= 0.6 is 22.6 Å². The Morgan fingerprint density at radius 2 is 2.07 bits per heavy atom. The maximum atomic E-state index is 14.3. The zero-order valence-corrected chi connectivity index (χ0v) is 17.7. The maximum absolute atomic E-state index is 14.3. The van der Waals surface area contributed by atoms with E-state index in [0.717, 1.165) is 60.9 Å². The molecule has 0 bridgehead atoms. The number of aromatic nitrogens is 1. The molecule has 3 heterocycles. The van der Waals surface area contributed by atoms with E-state index in [1.54, 1.807) is 18.5 Å². The van der Waals surface area contributed by atoms with Gasteiger partial charge in [0.2, 0.25) is 0 Å². The summed E-state index contributed by atoms with van der Waals surface area (Å²) in [7, 11) is 0. The monoisotopic (exact) mass is 498 g/mol. The van der Waals surface area contributed by atoms with E-state index in [1.807, 2.05) is 12.1 Å². The molecule has 7 nitrogen and oxygen atoms in total. The summed E-state index contributed by atoms with van der Waals surface area (Å²) < 4.78 is 20.6. The van der Waals surface area contributed by atoms with Gasteiger partial charge in [0.05, 0.1) is 37.5 Å². The summed E-state index contributed by atoms with van der Waals surface area (Å²) in [5.74, 6) is -0.275. The van der Waals surface area contributed by atoms with Gasteiger partial charge in [-0.2, -0.15) is 0 Å². The minimum atomic E-state index is -0.275. The number of nitrogens with one attached hydrogen (secondary N) is 3. The molecule has 2 aliphatic heterocycles. The molecule has 28 heavy (non-hydrogen) atoms. The number of halogens is 2. The van der Waals surface area contributed by atoms with Gasteiger partial charge in [-0.3, -0.25) is 14.8 Å². The van der Waals surface area contributed by atoms with Crippen LogP contribution in [0.2, 0.25) is 0 Å². The lowest BCUT2D eigenvalue weighted by atomic mass is 10.1. The first-order valence-corrected chi connectivity index (χ1v) is 10.5. The van der Waals surface area contributed by atoms with Gasteiger partial charge in [0, 0.05) is 41.5 Å². The molecule has 1 unspecified atom stereocenters. The van der Waals surface area contributed by atoms with Crippen LogP contribution in [-0.4, -0.2) is 60.8 Å². The Morgan fingerprint density at radius 1 is 1.21 bits per heavy atom.